The average molecular weight is 248 g/mol. The van der Waals surface area contributed by atoms with Gasteiger partial charge in [0.1, 0.15) is 5.84 Å². The van der Waals surface area contributed by atoms with Crippen molar-refractivity contribution in [2.24, 2.45) is 16.8 Å². The summed E-state index contributed by atoms with van der Waals surface area (Å²) >= 11 is 0. The molecule has 5 heteroatoms. The van der Waals surface area contributed by atoms with Crippen LogP contribution in [0.4, 0.5) is 0 Å². The SMILES string of the molecule is NC(=NO)C1CCN(CCc2cccnc2)CC1. The van der Waals surface area contributed by atoms with Crippen LogP contribution in [0.1, 0.15) is 18.4 Å². The van der Waals surface area contributed by atoms with Crippen LogP contribution in [0.2, 0.25) is 0 Å². The molecule has 0 aromatic carbocycles. The standard InChI is InChI=1S/C13H20N4O/c14-13(16-18)12-4-8-17(9-5-12)7-3-11-2-1-6-15-10-11/h1-2,6,10,12,18H,3-5,7-9H2,(H2,14,16). The number of nitrogens with two attached hydrogens (primary N) is 1. The second-order valence-electron chi connectivity index (χ2n) is 4.75. The van der Waals surface area contributed by atoms with Gasteiger partial charge < -0.3 is 15.8 Å². The zero-order valence-corrected chi connectivity index (χ0v) is 10.5. The lowest BCUT2D eigenvalue weighted by atomic mass is 9.95. The maximum atomic E-state index is 8.65. The molecule has 18 heavy (non-hydrogen) atoms. The molecule has 3 N–H and O–H groups in total. The minimum absolute atomic E-state index is 0.240. The molecular weight excluding hydrogens is 228 g/mol. The van der Waals surface area contributed by atoms with Crippen molar-refractivity contribution in [2.45, 2.75) is 19.3 Å². The first-order valence-electron chi connectivity index (χ1n) is 6.38. The van der Waals surface area contributed by atoms with Crippen LogP contribution >= 0.6 is 0 Å². The first kappa shape index (κ1) is 12.8. The van der Waals surface area contributed by atoms with Crippen LogP contribution in [0, 0.1) is 5.92 Å². The summed E-state index contributed by atoms with van der Waals surface area (Å²) in [6.45, 7) is 3.08. The zero-order chi connectivity index (χ0) is 12.8. The molecule has 1 aliphatic rings. The molecule has 1 fully saturated rings. The van der Waals surface area contributed by atoms with Crippen molar-refractivity contribution in [3.05, 3.63) is 30.1 Å². The quantitative estimate of drug-likeness (QED) is 0.362. The van der Waals surface area contributed by atoms with Gasteiger partial charge in [0.25, 0.3) is 0 Å². The molecule has 1 aromatic rings. The number of pyridine rings is 1. The molecule has 0 amide bonds. The fourth-order valence-electron chi connectivity index (χ4n) is 2.37. The lowest BCUT2D eigenvalue weighted by Gasteiger charge is -2.31. The lowest BCUT2D eigenvalue weighted by Crippen LogP contribution is -2.39. The first-order chi connectivity index (χ1) is 8.79. The zero-order valence-electron chi connectivity index (χ0n) is 10.5. The summed E-state index contributed by atoms with van der Waals surface area (Å²) in [5.41, 5.74) is 6.91. The van der Waals surface area contributed by atoms with Crippen LogP contribution in [0.15, 0.2) is 29.7 Å². The Morgan fingerprint density at radius 3 is 2.89 bits per heavy atom. The van der Waals surface area contributed by atoms with Crippen molar-refractivity contribution in [1.29, 1.82) is 0 Å². The Morgan fingerprint density at radius 2 is 2.28 bits per heavy atom. The van der Waals surface area contributed by atoms with Crippen LogP contribution < -0.4 is 5.73 Å². The third kappa shape index (κ3) is 3.43. The lowest BCUT2D eigenvalue weighted by molar-refractivity contribution is 0.208. The van der Waals surface area contributed by atoms with E-state index < -0.39 is 0 Å². The fraction of sp³-hybridized carbons (Fsp3) is 0.538. The second kappa shape index (κ2) is 6.35. The summed E-state index contributed by atoms with van der Waals surface area (Å²) in [4.78, 5) is 6.54. The Kier molecular flexibility index (Phi) is 4.52. The van der Waals surface area contributed by atoms with E-state index in [2.05, 4.69) is 21.1 Å². The van der Waals surface area contributed by atoms with E-state index in [1.54, 1.807) is 6.20 Å². The van der Waals surface area contributed by atoms with Gasteiger partial charge in [0.2, 0.25) is 0 Å². The fourth-order valence-corrected chi connectivity index (χ4v) is 2.37. The van der Waals surface area contributed by atoms with Crippen LogP contribution in [0.25, 0.3) is 0 Å². The topological polar surface area (TPSA) is 74.7 Å². The van der Waals surface area contributed by atoms with E-state index in [0.29, 0.717) is 5.84 Å². The molecule has 98 valence electrons. The number of oxime groups is 1. The molecule has 0 saturated carbocycles. The number of hydrogen-bond acceptors (Lipinski definition) is 4. The van der Waals surface area contributed by atoms with Gasteiger partial charge in [0, 0.05) is 24.9 Å². The van der Waals surface area contributed by atoms with Crippen molar-refractivity contribution in [3.8, 4) is 0 Å². The summed E-state index contributed by atoms with van der Waals surface area (Å²) in [7, 11) is 0. The molecule has 1 aromatic heterocycles. The van der Waals surface area contributed by atoms with Crippen molar-refractivity contribution in [3.63, 3.8) is 0 Å². The van der Waals surface area contributed by atoms with Crippen LogP contribution in [-0.4, -0.2) is 40.6 Å². The van der Waals surface area contributed by atoms with Gasteiger partial charge in [-0.3, -0.25) is 4.98 Å². The molecule has 0 aliphatic carbocycles. The highest BCUT2D eigenvalue weighted by molar-refractivity contribution is 5.82. The summed E-state index contributed by atoms with van der Waals surface area (Å²) in [6, 6.07) is 4.08. The van der Waals surface area contributed by atoms with Crippen LogP contribution in [0.3, 0.4) is 0 Å². The molecule has 0 atom stereocenters. The third-order valence-electron chi connectivity index (χ3n) is 3.56. The van der Waals surface area contributed by atoms with Gasteiger partial charge >= 0.3 is 0 Å². The van der Waals surface area contributed by atoms with E-state index in [1.165, 1.54) is 5.56 Å². The number of aromatic nitrogens is 1. The summed E-state index contributed by atoms with van der Waals surface area (Å²) in [5, 5.41) is 11.7. The highest BCUT2D eigenvalue weighted by Gasteiger charge is 2.21. The van der Waals surface area contributed by atoms with E-state index >= 15 is 0 Å². The van der Waals surface area contributed by atoms with Gasteiger partial charge in [-0.25, -0.2) is 0 Å². The van der Waals surface area contributed by atoms with Crippen molar-refractivity contribution >= 4 is 5.84 Å². The van der Waals surface area contributed by atoms with Gasteiger partial charge in [-0.05, 0) is 44.0 Å². The molecule has 0 bridgehead atoms. The summed E-state index contributed by atoms with van der Waals surface area (Å²) in [6.07, 6.45) is 6.70. The van der Waals surface area contributed by atoms with Crippen LogP contribution in [0.5, 0.6) is 0 Å². The van der Waals surface area contributed by atoms with Gasteiger partial charge in [0.15, 0.2) is 0 Å². The Hall–Kier alpha value is -1.62. The second-order valence-corrected chi connectivity index (χ2v) is 4.75. The molecule has 1 aliphatic heterocycles. The number of amidine groups is 1. The predicted octanol–water partition coefficient (Wildman–Crippen LogP) is 1.08. The smallest absolute Gasteiger partial charge is 0.142 e. The molecular formula is C13H20N4O. The van der Waals surface area contributed by atoms with Gasteiger partial charge in [0.05, 0.1) is 0 Å². The van der Waals surface area contributed by atoms with E-state index in [-0.39, 0.29) is 5.92 Å². The molecule has 2 rings (SSSR count). The Labute approximate surface area is 107 Å². The molecule has 2 heterocycles. The van der Waals surface area contributed by atoms with Gasteiger partial charge in [-0.15, -0.1) is 0 Å². The maximum absolute atomic E-state index is 8.65. The van der Waals surface area contributed by atoms with E-state index in [0.717, 1.165) is 38.9 Å². The molecule has 0 unspecified atom stereocenters. The average Bonchev–Trinajstić information content (AvgIpc) is 2.46. The van der Waals surface area contributed by atoms with Crippen LogP contribution in [-0.2, 0) is 6.42 Å². The summed E-state index contributed by atoms with van der Waals surface area (Å²) < 4.78 is 0. The van der Waals surface area contributed by atoms with Gasteiger partial charge in [-0.2, -0.15) is 0 Å². The third-order valence-corrected chi connectivity index (χ3v) is 3.56. The highest BCUT2D eigenvalue weighted by Crippen LogP contribution is 2.17. The van der Waals surface area contributed by atoms with E-state index in [9.17, 15) is 0 Å². The molecule has 1 saturated heterocycles. The minimum Gasteiger partial charge on any atom is -0.409 e. The van der Waals surface area contributed by atoms with E-state index in [1.807, 2.05) is 12.3 Å². The maximum Gasteiger partial charge on any atom is 0.142 e. The Bertz CT molecular complexity index is 385. The van der Waals surface area contributed by atoms with Crippen molar-refractivity contribution in [1.82, 2.24) is 9.88 Å². The van der Waals surface area contributed by atoms with Gasteiger partial charge in [-0.1, -0.05) is 11.2 Å². The largest absolute Gasteiger partial charge is 0.409 e. The minimum atomic E-state index is 0.240. The number of hydrogen-bond donors (Lipinski definition) is 2. The Morgan fingerprint density at radius 1 is 1.50 bits per heavy atom. The summed E-state index contributed by atoms with van der Waals surface area (Å²) in [5.74, 6) is 0.617. The number of nitrogens with zero attached hydrogens (tertiary/aromatic N) is 3. The molecule has 0 spiro atoms. The predicted molar refractivity (Wildman–Crippen MR) is 70.5 cm³/mol. The monoisotopic (exact) mass is 248 g/mol. The van der Waals surface area contributed by atoms with Crippen molar-refractivity contribution in [2.75, 3.05) is 19.6 Å². The molecule has 5 nitrogen and oxygen atoms in total. The number of piperidine rings is 1. The number of rotatable bonds is 4. The normalized spacial score (nSPS) is 19.0. The van der Waals surface area contributed by atoms with Crippen molar-refractivity contribution < 1.29 is 5.21 Å². The Balaban J connectivity index is 1.74. The first-order valence-corrected chi connectivity index (χ1v) is 6.38. The van der Waals surface area contributed by atoms with E-state index in [4.69, 9.17) is 10.9 Å². The number of likely N-dealkylation sites (tertiary alicyclic amines) is 1. The highest BCUT2D eigenvalue weighted by atomic mass is 16.4. The molecule has 0 radical (unpaired) electrons.